The number of anilines is 2. The van der Waals surface area contributed by atoms with E-state index in [-0.39, 0.29) is 12.5 Å². The fourth-order valence-electron chi connectivity index (χ4n) is 4.14. The van der Waals surface area contributed by atoms with Crippen molar-refractivity contribution in [3.8, 4) is 11.5 Å². The zero-order chi connectivity index (χ0) is 25.9. The van der Waals surface area contributed by atoms with Crippen molar-refractivity contribution >= 4 is 40.7 Å². The number of hydrogen-bond donors (Lipinski definition) is 2. The topological polar surface area (TPSA) is 90.3 Å². The Bertz CT molecular complexity index is 1450. The van der Waals surface area contributed by atoms with Gasteiger partial charge in [0.1, 0.15) is 30.5 Å². The number of allylic oxidation sites excluding steroid dienone is 1. The standard InChI is InChI=1S/C27H23Cl2N5O3/c1-16-24(26(35)33-18-8-12-19(36-2)13-9-18)25(34-27(32-16)30-15-31-34)17-6-10-20(11-7-17)37-14-21-22(28)4-3-5-23(21)29/h3-13,15,25H,14H2,1-2H3,(H,33,35)(H,30,31,32)/t25-/m0/s1. The number of nitrogens with zero attached hydrogens (tertiary/aromatic N) is 3. The summed E-state index contributed by atoms with van der Waals surface area (Å²) in [5.74, 6) is 1.64. The second-order valence-electron chi connectivity index (χ2n) is 8.33. The summed E-state index contributed by atoms with van der Waals surface area (Å²) >= 11 is 12.5. The SMILES string of the molecule is COc1ccc(NC(=O)C2=C(C)Nc3ncnn3[C@H]2c2ccc(OCc3c(Cl)cccc3Cl)cc2)cc1. The normalized spacial score (nSPS) is 14.5. The van der Waals surface area contributed by atoms with Crippen LogP contribution in [-0.2, 0) is 11.4 Å². The molecule has 1 amide bonds. The maximum absolute atomic E-state index is 13.5. The van der Waals surface area contributed by atoms with Gasteiger partial charge in [0.25, 0.3) is 5.91 Å². The molecule has 1 atom stereocenters. The molecule has 0 bridgehead atoms. The second kappa shape index (κ2) is 10.5. The Labute approximate surface area is 223 Å². The zero-order valence-corrected chi connectivity index (χ0v) is 21.5. The van der Waals surface area contributed by atoms with Crippen LogP contribution < -0.4 is 20.1 Å². The number of halogens is 2. The summed E-state index contributed by atoms with van der Waals surface area (Å²) in [4.78, 5) is 17.8. The highest BCUT2D eigenvalue weighted by Gasteiger charge is 2.33. The number of amides is 1. The monoisotopic (exact) mass is 535 g/mol. The first-order valence-electron chi connectivity index (χ1n) is 11.4. The number of methoxy groups -OCH3 is 1. The van der Waals surface area contributed by atoms with Crippen LogP contribution in [0.3, 0.4) is 0 Å². The number of nitrogens with one attached hydrogen (secondary N) is 2. The van der Waals surface area contributed by atoms with Gasteiger partial charge in [0.05, 0.1) is 12.7 Å². The van der Waals surface area contributed by atoms with E-state index in [1.807, 2.05) is 31.2 Å². The molecule has 0 saturated heterocycles. The second-order valence-corrected chi connectivity index (χ2v) is 9.15. The van der Waals surface area contributed by atoms with Crippen LogP contribution in [0.5, 0.6) is 11.5 Å². The zero-order valence-electron chi connectivity index (χ0n) is 20.0. The van der Waals surface area contributed by atoms with E-state index >= 15 is 0 Å². The fourth-order valence-corrected chi connectivity index (χ4v) is 4.64. The Kier molecular flexibility index (Phi) is 7.03. The molecular weight excluding hydrogens is 513 g/mol. The molecule has 0 unspecified atom stereocenters. The van der Waals surface area contributed by atoms with Crippen molar-refractivity contribution in [2.75, 3.05) is 17.7 Å². The van der Waals surface area contributed by atoms with Crippen LogP contribution in [-0.4, -0.2) is 27.8 Å². The predicted octanol–water partition coefficient (Wildman–Crippen LogP) is 6.10. The minimum absolute atomic E-state index is 0.229. The Morgan fingerprint density at radius 3 is 2.38 bits per heavy atom. The number of hydrogen-bond acceptors (Lipinski definition) is 6. The first-order valence-corrected chi connectivity index (χ1v) is 12.2. The van der Waals surface area contributed by atoms with E-state index in [0.717, 1.165) is 11.1 Å². The van der Waals surface area contributed by atoms with Gasteiger partial charge in [-0.1, -0.05) is 41.4 Å². The highest BCUT2D eigenvalue weighted by Crippen LogP contribution is 2.36. The molecule has 1 aliphatic heterocycles. The van der Waals surface area contributed by atoms with E-state index in [1.165, 1.54) is 6.33 Å². The predicted molar refractivity (Wildman–Crippen MR) is 143 cm³/mol. The number of aromatic nitrogens is 3. The van der Waals surface area contributed by atoms with E-state index in [0.29, 0.717) is 44.5 Å². The van der Waals surface area contributed by atoms with Crippen molar-refractivity contribution in [1.29, 1.82) is 0 Å². The van der Waals surface area contributed by atoms with Crippen LogP contribution in [0.25, 0.3) is 0 Å². The summed E-state index contributed by atoms with van der Waals surface area (Å²) in [6, 6.07) is 19.5. The van der Waals surface area contributed by atoms with Crippen LogP contribution in [0.2, 0.25) is 10.0 Å². The summed E-state index contributed by atoms with van der Waals surface area (Å²) in [5.41, 5.74) is 3.42. The Balaban J connectivity index is 1.40. The van der Waals surface area contributed by atoms with Crippen molar-refractivity contribution in [3.63, 3.8) is 0 Å². The van der Waals surface area contributed by atoms with E-state index in [4.69, 9.17) is 32.7 Å². The number of carbonyl (C=O) groups excluding carboxylic acids is 1. The van der Waals surface area contributed by atoms with Crippen molar-refractivity contribution in [2.24, 2.45) is 0 Å². The molecule has 1 aromatic heterocycles. The van der Waals surface area contributed by atoms with E-state index < -0.39 is 6.04 Å². The van der Waals surface area contributed by atoms with Gasteiger partial charge in [-0.25, -0.2) is 4.68 Å². The Hall–Kier alpha value is -4.01. The van der Waals surface area contributed by atoms with Crippen molar-refractivity contribution in [1.82, 2.24) is 14.8 Å². The summed E-state index contributed by atoms with van der Waals surface area (Å²) in [7, 11) is 1.60. The highest BCUT2D eigenvalue weighted by atomic mass is 35.5. The van der Waals surface area contributed by atoms with Gasteiger partial charge in [-0.3, -0.25) is 4.79 Å². The van der Waals surface area contributed by atoms with E-state index in [9.17, 15) is 4.79 Å². The number of rotatable bonds is 7. The molecule has 0 fully saturated rings. The maximum atomic E-state index is 13.5. The van der Waals surface area contributed by atoms with Gasteiger partial charge in [-0.05, 0) is 61.0 Å². The first kappa shape index (κ1) is 24.7. The average molecular weight is 536 g/mol. The molecule has 0 aliphatic carbocycles. The summed E-state index contributed by atoms with van der Waals surface area (Å²) in [6.07, 6.45) is 1.46. The molecule has 3 aromatic carbocycles. The van der Waals surface area contributed by atoms with Crippen LogP contribution in [0.15, 0.2) is 84.3 Å². The summed E-state index contributed by atoms with van der Waals surface area (Å²) in [5, 5.41) is 11.6. The molecule has 10 heteroatoms. The molecule has 5 rings (SSSR count). The molecule has 2 heterocycles. The Morgan fingerprint density at radius 1 is 1.03 bits per heavy atom. The third-order valence-corrected chi connectivity index (χ3v) is 6.74. The van der Waals surface area contributed by atoms with Gasteiger partial charge < -0.3 is 20.1 Å². The molecule has 2 N–H and O–H groups in total. The maximum Gasteiger partial charge on any atom is 0.255 e. The van der Waals surface area contributed by atoms with Gasteiger partial charge in [-0.2, -0.15) is 10.1 Å². The number of fused-ring (bicyclic) bond motifs is 1. The molecule has 0 radical (unpaired) electrons. The van der Waals surface area contributed by atoms with Crippen LogP contribution in [0, 0.1) is 0 Å². The molecule has 1 aliphatic rings. The van der Waals surface area contributed by atoms with Gasteiger partial charge in [0.2, 0.25) is 5.95 Å². The van der Waals surface area contributed by atoms with Gasteiger partial charge in [0.15, 0.2) is 0 Å². The molecule has 188 valence electrons. The Morgan fingerprint density at radius 2 is 1.70 bits per heavy atom. The van der Waals surface area contributed by atoms with Crippen LogP contribution in [0.1, 0.15) is 24.1 Å². The minimum atomic E-state index is -0.496. The number of carbonyl (C=O) groups is 1. The summed E-state index contributed by atoms with van der Waals surface area (Å²) in [6.45, 7) is 2.08. The third kappa shape index (κ3) is 5.12. The molecular formula is C27H23Cl2N5O3. The highest BCUT2D eigenvalue weighted by molar-refractivity contribution is 6.35. The lowest BCUT2D eigenvalue weighted by Crippen LogP contribution is -2.31. The average Bonchev–Trinajstić information content (AvgIpc) is 3.36. The lowest BCUT2D eigenvalue weighted by Gasteiger charge is -2.28. The van der Waals surface area contributed by atoms with Crippen molar-refractivity contribution < 1.29 is 14.3 Å². The largest absolute Gasteiger partial charge is 0.497 e. The molecule has 8 nitrogen and oxygen atoms in total. The lowest BCUT2D eigenvalue weighted by molar-refractivity contribution is -0.113. The molecule has 4 aromatic rings. The molecule has 37 heavy (non-hydrogen) atoms. The molecule has 0 saturated carbocycles. The lowest BCUT2D eigenvalue weighted by atomic mass is 9.95. The smallest absolute Gasteiger partial charge is 0.255 e. The quantitative estimate of drug-likeness (QED) is 0.297. The van der Waals surface area contributed by atoms with Crippen LogP contribution in [0.4, 0.5) is 11.6 Å². The van der Waals surface area contributed by atoms with Crippen molar-refractivity contribution in [3.05, 3.63) is 105 Å². The van der Waals surface area contributed by atoms with Gasteiger partial charge >= 0.3 is 0 Å². The van der Waals surface area contributed by atoms with E-state index in [2.05, 4.69) is 20.7 Å². The van der Waals surface area contributed by atoms with Crippen LogP contribution >= 0.6 is 23.2 Å². The fraction of sp³-hybridized carbons (Fsp3) is 0.148. The summed E-state index contributed by atoms with van der Waals surface area (Å²) < 4.78 is 12.8. The molecule has 0 spiro atoms. The number of benzene rings is 3. The van der Waals surface area contributed by atoms with Gasteiger partial charge in [-0.15, -0.1) is 0 Å². The van der Waals surface area contributed by atoms with Crippen molar-refractivity contribution in [2.45, 2.75) is 19.6 Å². The van der Waals surface area contributed by atoms with E-state index in [1.54, 1.807) is 54.3 Å². The first-order chi connectivity index (χ1) is 17.9. The number of ether oxygens (including phenoxy) is 2. The third-order valence-electron chi connectivity index (χ3n) is 6.03. The minimum Gasteiger partial charge on any atom is -0.497 e. The van der Waals surface area contributed by atoms with Gasteiger partial charge in [0, 0.05) is 27.0 Å².